The van der Waals surface area contributed by atoms with Crippen LogP contribution in [0.1, 0.15) is 16.7 Å². The maximum Gasteiger partial charge on any atom is 0.0175 e. The molecule has 0 fully saturated rings. The molecule has 1 aliphatic rings. The van der Waals surface area contributed by atoms with Gasteiger partial charge in [0.2, 0.25) is 0 Å². The number of hydrogen-bond acceptors (Lipinski definition) is 1. The Morgan fingerprint density at radius 1 is 0.882 bits per heavy atom. The van der Waals surface area contributed by atoms with Crippen LogP contribution in [0.4, 0.5) is 0 Å². The summed E-state index contributed by atoms with van der Waals surface area (Å²) in [5.41, 5.74) is 4.42. The second-order valence-electron chi connectivity index (χ2n) is 4.73. The van der Waals surface area contributed by atoms with Crippen molar-refractivity contribution in [3.05, 3.63) is 65.2 Å². The first kappa shape index (κ1) is 10.9. The zero-order chi connectivity index (χ0) is 11.7. The molecule has 0 radical (unpaired) electrons. The van der Waals surface area contributed by atoms with Gasteiger partial charge < -0.3 is 0 Å². The highest BCUT2D eigenvalue weighted by Gasteiger charge is 2.21. The highest BCUT2D eigenvalue weighted by Crippen LogP contribution is 2.34. The maximum atomic E-state index is 2.27. The van der Waals surface area contributed by atoms with Gasteiger partial charge in [0.1, 0.15) is 0 Å². The topological polar surface area (TPSA) is 0 Å². The summed E-state index contributed by atoms with van der Waals surface area (Å²) in [6.45, 7) is 2.14. The highest BCUT2D eigenvalue weighted by atomic mass is 32.2. The van der Waals surface area contributed by atoms with Gasteiger partial charge in [0.25, 0.3) is 0 Å². The molecule has 1 aliphatic carbocycles. The van der Waals surface area contributed by atoms with E-state index in [1.807, 2.05) is 11.8 Å². The summed E-state index contributed by atoms with van der Waals surface area (Å²) >= 11 is 2.02. The van der Waals surface area contributed by atoms with E-state index >= 15 is 0 Å². The van der Waals surface area contributed by atoms with Crippen molar-refractivity contribution in [1.29, 1.82) is 0 Å². The first-order valence-electron chi connectivity index (χ1n) is 6.11. The lowest BCUT2D eigenvalue weighted by atomic mass is 10.1. The van der Waals surface area contributed by atoms with E-state index in [-0.39, 0.29) is 0 Å². The molecule has 86 valence electrons. The lowest BCUT2D eigenvalue weighted by molar-refractivity contribution is 0.934. The molecule has 17 heavy (non-hydrogen) atoms. The van der Waals surface area contributed by atoms with Crippen molar-refractivity contribution in [2.75, 3.05) is 0 Å². The molecule has 2 aromatic carbocycles. The summed E-state index contributed by atoms with van der Waals surface area (Å²) in [6, 6.07) is 17.7. The van der Waals surface area contributed by atoms with Gasteiger partial charge in [-0.2, -0.15) is 0 Å². The molecular weight excluding hydrogens is 224 g/mol. The third-order valence-electron chi connectivity index (χ3n) is 3.34. The van der Waals surface area contributed by atoms with Gasteiger partial charge in [0, 0.05) is 10.1 Å². The van der Waals surface area contributed by atoms with Gasteiger partial charge in [-0.1, -0.05) is 42.0 Å². The summed E-state index contributed by atoms with van der Waals surface area (Å²) in [7, 11) is 0. The predicted molar refractivity (Wildman–Crippen MR) is 74.7 cm³/mol. The summed E-state index contributed by atoms with van der Waals surface area (Å²) in [6.07, 6.45) is 2.43. The van der Waals surface area contributed by atoms with Crippen LogP contribution >= 0.6 is 11.8 Å². The molecule has 0 heterocycles. The van der Waals surface area contributed by atoms with Crippen LogP contribution in [-0.4, -0.2) is 5.25 Å². The molecule has 0 spiro atoms. The Morgan fingerprint density at radius 3 is 2.06 bits per heavy atom. The van der Waals surface area contributed by atoms with Crippen LogP contribution in [0.3, 0.4) is 0 Å². The minimum absolute atomic E-state index is 0.718. The van der Waals surface area contributed by atoms with E-state index in [2.05, 4.69) is 55.5 Å². The molecule has 0 aromatic heterocycles. The van der Waals surface area contributed by atoms with Gasteiger partial charge >= 0.3 is 0 Å². The van der Waals surface area contributed by atoms with Gasteiger partial charge in [0.05, 0.1) is 0 Å². The average Bonchev–Trinajstić information content (AvgIpc) is 2.74. The third-order valence-corrected chi connectivity index (χ3v) is 4.55. The van der Waals surface area contributed by atoms with E-state index in [9.17, 15) is 0 Å². The van der Waals surface area contributed by atoms with Crippen LogP contribution in [-0.2, 0) is 12.8 Å². The lowest BCUT2D eigenvalue weighted by Gasteiger charge is -2.08. The molecule has 0 nitrogen and oxygen atoms in total. The average molecular weight is 240 g/mol. The Morgan fingerprint density at radius 2 is 1.47 bits per heavy atom. The number of hydrogen-bond donors (Lipinski definition) is 0. The SMILES string of the molecule is Cc1ccc(SC2Cc3ccccc3C2)cc1. The zero-order valence-electron chi connectivity index (χ0n) is 10.0. The molecule has 0 N–H and O–H groups in total. The Bertz CT molecular complexity index is 488. The first-order valence-corrected chi connectivity index (χ1v) is 6.99. The van der Waals surface area contributed by atoms with Crippen molar-refractivity contribution in [2.45, 2.75) is 29.9 Å². The van der Waals surface area contributed by atoms with Gasteiger partial charge in [-0.15, -0.1) is 11.8 Å². The molecule has 2 aromatic rings. The molecule has 3 rings (SSSR count). The Labute approximate surface area is 107 Å². The molecular formula is C16H16S. The second-order valence-corrected chi connectivity index (χ2v) is 6.10. The fourth-order valence-electron chi connectivity index (χ4n) is 2.41. The number of benzene rings is 2. The van der Waals surface area contributed by atoms with Crippen LogP contribution in [0.2, 0.25) is 0 Å². The van der Waals surface area contributed by atoms with Gasteiger partial charge in [-0.25, -0.2) is 0 Å². The lowest BCUT2D eigenvalue weighted by Crippen LogP contribution is -2.00. The predicted octanol–water partition coefficient (Wildman–Crippen LogP) is 4.25. The number of thioether (sulfide) groups is 1. The summed E-state index contributed by atoms with van der Waals surface area (Å²) in [5.74, 6) is 0. The highest BCUT2D eigenvalue weighted by molar-refractivity contribution is 8.00. The Balaban J connectivity index is 1.71. The van der Waals surface area contributed by atoms with Crippen molar-refractivity contribution in [2.24, 2.45) is 0 Å². The van der Waals surface area contributed by atoms with E-state index in [1.54, 1.807) is 0 Å². The van der Waals surface area contributed by atoms with Crippen molar-refractivity contribution < 1.29 is 0 Å². The fraction of sp³-hybridized carbons (Fsp3) is 0.250. The standard InChI is InChI=1S/C16H16S/c1-12-6-8-15(9-7-12)17-16-10-13-4-2-3-5-14(13)11-16/h2-9,16H,10-11H2,1H3. The van der Waals surface area contributed by atoms with E-state index in [4.69, 9.17) is 0 Å². The molecule has 1 heteroatoms. The number of aryl methyl sites for hydroxylation is 1. The molecule has 0 saturated heterocycles. The van der Waals surface area contributed by atoms with Crippen LogP contribution in [0, 0.1) is 6.92 Å². The van der Waals surface area contributed by atoms with Crippen LogP contribution in [0.25, 0.3) is 0 Å². The number of fused-ring (bicyclic) bond motifs is 1. The Kier molecular flexibility index (Phi) is 2.94. The quantitative estimate of drug-likeness (QED) is 0.756. The van der Waals surface area contributed by atoms with Crippen LogP contribution in [0.5, 0.6) is 0 Å². The summed E-state index contributed by atoms with van der Waals surface area (Å²) in [4.78, 5) is 1.40. The minimum atomic E-state index is 0.718. The largest absolute Gasteiger partial charge is 0.122 e. The maximum absolute atomic E-state index is 2.27. The van der Waals surface area contributed by atoms with Crippen LogP contribution < -0.4 is 0 Å². The van der Waals surface area contributed by atoms with Crippen molar-refractivity contribution >= 4 is 11.8 Å². The molecule has 0 unspecified atom stereocenters. The molecule has 0 bridgehead atoms. The van der Waals surface area contributed by atoms with Crippen molar-refractivity contribution in [1.82, 2.24) is 0 Å². The molecule has 0 aliphatic heterocycles. The molecule has 0 amide bonds. The van der Waals surface area contributed by atoms with E-state index in [0.29, 0.717) is 0 Å². The van der Waals surface area contributed by atoms with Gasteiger partial charge in [-0.3, -0.25) is 0 Å². The number of rotatable bonds is 2. The summed E-state index contributed by atoms with van der Waals surface area (Å²) in [5, 5.41) is 0.718. The smallest absolute Gasteiger partial charge is 0.0175 e. The second kappa shape index (κ2) is 4.58. The van der Waals surface area contributed by atoms with Crippen LogP contribution in [0.15, 0.2) is 53.4 Å². The van der Waals surface area contributed by atoms with Crippen molar-refractivity contribution in [3.8, 4) is 0 Å². The van der Waals surface area contributed by atoms with Crippen molar-refractivity contribution in [3.63, 3.8) is 0 Å². The minimum Gasteiger partial charge on any atom is -0.122 e. The fourth-order valence-corrected chi connectivity index (χ4v) is 3.62. The summed E-state index contributed by atoms with van der Waals surface area (Å²) < 4.78 is 0. The Hall–Kier alpha value is -1.21. The molecule has 0 saturated carbocycles. The normalized spacial score (nSPS) is 14.9. The zero-order valence-corrected chi connectivity index (χ0v) is 10.8. The van der Waals surface area contributed by atoms with E-state index < -0.39 is 0 Å². The monoisotopic (exact) mass is 240 g/mol. The third kappa shape index (κ3) is 2.39. The molecule has 0 atom stereocenters. The van der Waals surface area contributed by atoms with E-state index in [0.717, 1.165) is 5.25 Å². The first-order chi connectivity index (χ1) is 8.31. The van der Waals surface area contributed by atoms with E-state index in [1.165, 1.54) is 34.4 Å². The van der Waals surface area contributed by atoms with Gasteiger partial charge in [0.15, 0.2) is 0 Å². The van der Waals surface area contributed by atoms with Gasteiger partial charge in [-0.05, 0) is 43.0 Å².